The molecule has 28 heavy (non-hydrogen) atoms. The van der Waals surface area contributed by atoms with E-state index in [2.05, 4.69) is 10.6 Å². The highest BCUT2D eigenvalue weighted by atomic mass is 16.4. The van der Waals surface area contributed by atoms with Gasteiger partial charge in [0, 0.05) is 6.54 Å². The Bertz CT molecular complexity index is 579. The number of carbonyl (C=O) groups is 4. The lowest BCUT2D eigenvalue weighted by Crippen LogP contribution is -2.56. The van der Waals surface area contributed by atoms with Gasteiger partial charge in [-0.3, -0.25) is 19.2 Å². The van der Waals surface area contributed by atoms with E-state index in [0.717, 1.165) is 0 Å². The van der Waals surface area contributed by atoms with Gasteiger partial charge in [-0.2, -0.15) is 0 Å². The number of hydrogen-bond acceptors (Lipinski definition) is 5. The van der Waals surface area contributed by atoms with Gasteiger partial charge >= 0.3 is 5.97 Å². The fourth-order valence-electron chi connectivity index (χ4n) is 3.37. The lowest BCUT2D eigenvalue weighted by atomic mass is 10.00. The highest BCUT2D eigenvalue weighted by Crippen LogP contribution is 2.20. The van der Waals surface area contributed by atoms with Crippen LogP contribution in [0.2, 0.25) is 0 Å². The molecule has 0 aromatic carbocycles. The minimum atomic E-state index is -1.15. The van der Waals surface area contributed by atoms with Gasteiger partial charge in [-0.05, 0) is 37.5 Å². The van der Waals surface area contributed by atoms with Crippen molar-refractivity contribution in [2.45, 2.75) is 71.5 Å². The second-order valence-corrected chi connectivity index (χ2v) is 8.23. The van der Waals surface area contributed by atoms with Gasteiger partial charge in [-0.1, -0.05) is 27.7 Å². The normalized spacial score (nSPS) is 18.8. The van der Waals surface area contributed by atoms with Gasteiger partial charge in [0.25, 0.3) is 0 Å². The van der Waals surface area contributed by atoms with E-state index in [0.29, 0.717) is 32.2 Å². The zero-order valence-electron chi connectivity index (χ0n) is 17.2. The maximum Gasteiger partial charge on any atom is 0.322 e. The SMILES string of the molecule is CC(C)CC(N)C(=O)NC(CC(C)C)C(=O)N1CCCC1C(=O)NCC(=O)O. The van der Waals surface area contributed by atoms with Gasteiger partial charge in [-0.15, -0.1) is 0 Å². The molecule has 1 aliphatic heterocycles. The van der Waals surface area contributed by atoms with Gasteiger partial charge in [-0.25, -0.2) is 0 Å². The van der Waals surface area contributed by atoms with Crippen molar-refractivity contribution in [3.05, 3.63) is 0 Å². The predicted molar refractivity (Wildman–Crippen MR) is 104 cm³/mol. The van der Waals surface area contributed by atoms with Crippen LogP contribution in [0.1, 0.15) is 53.4 Å². The number of aliphatic carboxylic acids is 1. The van der Waals surface area contributed by atoms with Crippen molar-refractivity contribution in [1.82, 2.24) is 15.5 Å². The highest BCUT2D eigenvalue weighted by Gasteiger charge is 2.38. The van der Waals surface area contributed by atoms with Crippen LogP contribution < -0.4 is 16.4 Å². The Kier molecular flexibility index (Phi) is 9.37. The fraction of sp³-hybridized carbons (Fsp3) is 0.789. The summed E-state index contributed by atoms with van der Waals surface area (Å²) in [7, 11) is 0. The molecule has 1 aliphatic rings. The molecule has 0 bridgehead atoms. The molecule has 9 nitrogen and oxygen atoms in total. The van der Waals surface area contributed by atoms with Crippen molar-refractivity contribution in [1.29, 1.82) is 0 Å². The molecule has 160 valence electrons. The Hall–Kier alpha value is -2.16. The average molecular weight is 399 g/mol. The van der Waals surface area contributed by atoms with Crippen LogP contribution in [0.15, 0.2) is 0 Å². The van der Waals surface area contributed by atoms with Crippen LogP contribution in [0.3, 0.4) is 0 Å². The van der Waals surface area contributed by atoms with Crippen LogP contribution in [0.5, 0.6) is 0 Å². The summed E-state index contributed by atoms with van der Waals surface area (Å²) in [5.41, 5.74) is 5.94. The third-order valence-corrected chi connectivity index (χ3v) is 4.64. The maximum atomic E-state index is 13.1. The van der Waals surface area contributed by atoms with E-state index in [4.69, 9.17) is 10.8 Å². The first-order chi connectivity index (χ1) is 13.0. The Morgan fingerprint density at radius 2 is 1.71 bits per heavy atom. The Morgan fingerprint density at radius 3 is 2.25 bits per heavy atom. The molecule has 0 saturated carbocycles. The number of carboxylic acids is 1. The van der Waals surface area contributed by atoms with E-state index in [1.54, 1.807) is 0 Å². The highest BCUT2D eigenvalue weighted by molar-refractivity contribution is 5.94. The summed E-state index contributed by atoms with van der Waals surface area (Å²) in [6, 6.07) is -2.18. The number of hydrogen-bond donors (Lipinski definition) is 4. The first kappa shape index (κ1) is 23.9. The number of nitrogens with zero attached hydrogens (tertiary/aromatic N) is 1. The smallest absolute Gasteiger partial charge is 0.322 e. The topological polar surface area (TPSA) is 142 Å². The van der Waals surface area contributed by atoms with Gasteiger partial charge < -0.3 is 26.4 Å². The molecule has 3 atom stereocenters. The molecule has 3 amide bonds. The summed E-state index contributed by atoms with van der Waals surface area (Å²) in [5, 5.41) is 13.8. The molecule has 1 heterocycles. The molecule has 0 aromatic heterocycles. The number of carboxylic acid groups (broad SMARTS) is 1. The number of nitrogens with one attached hydrogen (secondary N) is 2. The van der Waals surface area contributed by atoms with Gasteiger partial charge in [0.05, 0.1) is 6.04 Å². The van der Waals surface area contributed by atoms with E-state index in [-0.39, 0.29) is 23.7 Å². The Morgan fingerprint density at radius 1 is 1.11 bits per heavy atom. The summed E-state index contributed by atoms with van der Waals surface area (Å²) in [6.07, 6.45) is 2.05. The van der Waals surface area contributed by atoms with Crippen LogP contribution in [-0.2, 0) is 19.2 Å². The summed E-state index contributed by atoms with van der Waals surface area (Å²) in [5.74, 6) is -1.93. The van der Waals surface area contributed by atoms with Crippen molar-refractivity contribution >= 4 is 23.7 Å². The molecule has 0 aliphatic carbocycles. The standard InChI is InChI=1S/C19H34N4O5/c1-11(2)8-13(20)17(26)22-14(9-12(3)4)19(28)23-7-5-6-15(23)18(27)21-10-16(24)25/h11-15H,5-10,20H2,1-4H3,(H,21,27)(H,22,26)(H,24,25). The lowest BCUT2D eigenvalue weighted by molar-refractivity contribution is -0.143. The molecule has 1 rings (SSSR count). The third kappa shape index (κ3) is 7.46. The van der Waals surface area contributed by atoms with Crippen LogP contribution >= 0.6 is 0 Å². The monoisotopic (exact) mass is 398 g/mol. The van der Waals surface area contributed by atoms with E-state index >= 15 is 0 Å². The van der Waals surface area contributed by atoms with Crippen LogP contribution in [0, 0.1) is 11.8 Å². The molecule has 1 saturated heterocycles. The maximum absolute atomic E-state index is 13.1. The van der Waals surface area contributed by atoms with E-state index in [1.807, 2.05) is 27.7 Å². The van der Waals surface area contributed by atoms with E-state index in [1.165, 1.54) is 4.90 Å². The molecular formula is C19H34N4O5. The lowest BCUT2D eigenvalue weighted by Gasteiger charge is -2.30. The summed E-state index contributed by atoms with van der Waals surface area (Å²) < 4.78 is 0. The number of rotatable bonds is 10. The summed E-state index contributed by atoms with van der Waals surface area (Å²) in [4.78, 5) is 49.9. The molecule has 0 aromatic rings. The zero-order valence-corrected chi connectivity index (χ0v) is 17.2. The Labute approximate surface area is 166 Å². The number of likely N-dealkylation sites (tertiary alicyclic amines) is 1. The second kappa shape index (κ2) is 11.0. The van der Waals surface area contributed by atoms with Crippen LogP contribution in [0.4, 0.5) is 0 Å². The van der Waals surface area contributed by atoms with Crippen molar-refractivity contribution in [2.24, 2.45) is 17.6 Å². The van der Waals surface area contributed by atoms with E-state index < -0.39 is 36.5 Å². The zero-order chi connectivity index (χ0) is 21.4. The largest absolute Gasteiger partial charge is 0.480 e. The molecule has 3 unspecified atom stereocenters. The molecule has 0 spiro atoms. The second-order valence-electron chi connectivity index (χ2n) is 8.23. The minimum absolute atomic E-state index is 0.150. The number of carbonyl (C=O) groups excluding carboxylic acids is 3. The predicted octanol–water partition coefficient (Wildman–Crippen LogP) is 0.0825. The van der Waals surface area contributed by atoms with Gasteiger partial charge in [0.15, 0.2) is 0 Å². The Balaban J connectivity index is 2.85. The van der Waals surface area contributed by atoms with Crippen molar-refractivity contribution < 1.29 is 24.3 Å². The number of amides is 3. The summed E-state index contributed by atoms with van der Waals surface area (Å²) in [6.45, 7) is 7.73. The van der Waals surface area contributed by atoms with Crippen molar-refractivity contribution in [3.8, 4) is 0 Å². The van der Waals surface area contributed by atoms with Crippen LogP contribution in [-0.4, -0.2) is 64.9 Å². The van der Waals surface area contributed by atoms with Gasteiger partial charge in [0.1, 0.15) is 18.6 Å². The number of nitrogens with two attached hydrogens (primary N) is 1. The minimum Gasteiger partial charge on any atom is -0.480 e. The third-order valence-electron chi connectivity index (χ3n) is 4.64. The van der Waals surface area contributed by atoms with Crippen LogP contribution in [0.25, 0.3) is 0 Å². The first-order valence-corrected chi connectivity index (χ1v) is 9.88. The fourth-order valence-corrected chi connectivity index (χ4v) is 3.37. The molecular weight excluding hydrogens is 364 g/mol. The summed E-state index contributed by atoms with van der Waals surface area (Å²) >= 11 is 0. The van der Waals surface area contributed by atoms with Crippen molar-refractivity contribution in [2.75, 3.05) is 13.1 Å². The first-order valence-electron chi connectivity index (χ1n) is 9.88. The average Bonchev–Trinajstić information content (AvgIpc) is 3.06. The molecule has 5 N–H and O–H groups in total. The molecule has 0 radical (unpaired) electrons. The van der Waals surface area contributed by atoms with E-state index in [9.17, 15) is 19.2 Å². The van der Waals surface area contributed by atoms with Crippen molar-refractivity contribution in [3.63, 3.8) is 0 Å². The van der Waals surface area contributed by atoms with Gasteiger partial charge in [0.2, 0.25) is 17.7 Å². The quantitative estimate of drug-likeness (QED) is 0.411. The molecule has 1 fully saturated rings. The molecule has 9 heteroatoms.